The van der Waals surface area contributed by atoms with Gasteiger partial charge in [-0.1, -0.05) is 42.5 Å². The summed E-state index contributed by atoms with van der Waals surface area (Å²) >= 11 is 0. The Morgan fingerprint density at radius 3 is 2.67 bits per heavy atom. The minimum absolute atomic E-state index is 0.558. The molecule has 0 amide bonds. The molecule has 6 heteroatoms. The van der Waals surface area contributed by atoms with Gasteiger partial charge in [-0.2, -0.15) is 9.50 Å². The number of nitrogens with zero attached hydrogens (tertiary/aromatic N) is 4. The SMILES string of the molecule is c1ccc2c(-c3ccnc4nc(-c5ccc6c(c5)OCCCO6)nn34)cccc2c1. The molecule has 1 aliphatic rings. The lowest BCUT2D eigenvalue weighted by Crippen LogP contribution is -1.97. The van der Waals surface area contributed by atoms with Crippen LogP contribution in [0.2, 0.25) is 0 Å². The monoisotopic (exact) mass is 394 g/mol. The Bertz CT molecular complexity index is 1390. The van der Waals surface area contributed by atoms with Crippen LogP contribution in [0.5, 0.6) is 11.5 Å². The standard InChI is InChI=1S/C24H18N4O2/c1-2-7-18-16(5-1)6-3-8-19(18)20-11-12-25-24-26-23(27-28(20)24)17-9-10-21-22(15-17)30-14-4-13-29-21/h1-3,5-12,15H,4,13-14H2. The molecule has 0 aliphatic carbocycles. The fourth-order valence-corrected chi connectivity index (χ4v) is 3.87. The molecule has 146 valence electrons. The van der Waals surface area contributed by atoms with Crippen LogP contribution < -0.4 is 9.47 Å². The number of hydrogen-bond donors (Lipinski definition) is 0. The molecule has 0 fully saturated rings. The van der Waals surface area contributed by atoms with Crippen LogP contribution in [0.25, 0.3) is 39.2 Å². The molecule has 6 rings (SSSR count). The Morgan fingerprint density at radius 1 is 0.833 bits per heavy atom. The average Bonchev–Trinajstić information content (AvgIpc) is 3.10. The molecule has 3 aromatic carbocycles. The Balaban J connectivity index is 1.51. The molecular weight excluding hydrogens is 376 g/mol. The van der Waals surface area contributed by atoms with Gasteiger partial charge in [-0.3, -0.25) is 0 Å². The van der Waals surface area contributed by atoms with E-state index in [1.807, 2.05) is 30.3 Å². The molecule has 30 heavy (non-hydrogen) atoms. The molecule has 0 spiro atoms. The van der Waals surface area contributed by atoms with Gasteiger partial charge in [0.05, 0.1) is 18.9 Å². The number of benzene rings is 3. The summed E-state index contributed by atoms with van der Waals surface area (Å²) in [5.74, 6) is 2.65. The van der Waals surface area contributed by atoms with Crippen LogP contribution in [0.3, 0.4) is 0 Å². The predicted octanol–water partition coefficient (Wildman–Crippen LogP) is 4.77. The van der Waals surface area contributed by atoms with Gasteiger partial charge in [0.1, 0.15) is 0 Å². The van der Waals surface area contributed by atoms with Crippen molar-refractivity contribution in [3.05, 3.63) is 72.9 Å². The Morgan fingerprint density at radius 2 is 1.70 bits per heavy atom. The third-order valence-electron chi connectivity index (χ3n) is 5.31. The Kier molecular flexibility index (Phi) is 3.87. The third-order valence-corrected chi connectivity index (χ3v) is 5.31. The van der Waals surface area contributed by atoms with Crippen LogP contribution in [0.15, 0.2) is 72.9 Å². The summed E-state index contributed by atoms with van der Waals surface area (Å²) in [4.78, 5) is 9.10. The average molecular weight is 394 g/mol. The first-order chi connectivity index (χ1) is 14.9. The Labute approximate surface area is 172 Å². The van der Waals surface area contributed by atoms with Crippen LogP contribution in [0, 0.1) is 0 Å². The topological polar surface area (TPSA) is 61.5 Å². The maximum absolute atomic E-state index is 5.82. The van der Waals surface area contributed by atoms with Gasteiger partial charge in [-0.05, 0) is 35.0 Å². The van der Waals surface area contributed by atoms with Crippen molar-refractivity contribution in [1.82, 2.24) is 19.6 Å². The van der Waals surface area contributed by atoms with Gasteiger partial charge in [-0.15, -0.1) is 5.10 Å². The van der Waals surface area contributed by atoms with Crippen LogP contribution in [-0.4, -0.2) is 32.8 Å². The summed E-state index contributed by atoms with van der Waals surface area (Å²) in [7, 11) is 0. The molecule has 0 bridgehead atoms. The van der Waals surface area contributed by atoms with Crippen molar-refractivity contribution in [2.24, 2.45) is 0 Å². The fourth-order valence-electron chi connectivity index (χ4n) is 3.87. The van der Waals surface area contributed by atoms with E-state index >= 15 is 0 Å². The van der Waals surface area contributed by atoms with E-state index in [2.05, 4.69) is 46.4 Å². The second-order valence-electron chi connectivity index (χ2n) is 7.22. The van der Waals surface area contributed by atoms with Gasteiger partial charge in [0, 0.05) is 23.7 Å². The van der Waals surface area contributed by atoms with Crippen molar-refractivity contribution in [2.45, 2.75) is 6.42 Å². The minimum Gasteiger partial charge on any atom is -0.490 e. The van der Waals surface area contributed by atoms with E-state index in [4.69, 9.17) is 14.6 Å². The summed E-state index contributed by atoms with van der Waals surface area (Å²) in [6.07, 6.45) is 2.65. The van der Waals surface area contributed by atoms with Crippen LogP contribution in [0.4, 0.5) is 0 Å². The van der Waals surface area contributed by atoms with E-state index in [-0.39, 0.29) is 0 Å². The van der Waals surface area contributed by atoms with Crippen molar-refractivity contribution in [3.63, 3.8) is 0 Å². The summed E-state index contributed by atoms with van der Waals surface area (Å²) in [6.45, 7) is 1.30. The van der Waals surface area contributed by atoms with E-state index < -0.39 is 0 Å². The lowest BCUT2D eigenvalue weighted by atomic mass is 10.0. The zero-order chi connectivity index (χ0) is 19.9. The highest BCUT2D eigenvalue weighted by Gasteiger charge is 2.16. The van der Waals surface area contributed by atoms with Crippen molar-refractivity contribution >= 4 is 16.6 Å². The van der Waals surface area contributed by atoms with Gasteiger partial charge in [0.25, 0.3) is 5.78 Å². The molecule has 0 N–H and O–H groups in total. The van der Waals surface area contributed by atoms with E-state index in [0.717, 1.165) is 34.7 Å². The van der Waals surface area contributed by atoms with Crippen molar-refractivity contribution in [3.8, 4) is 34.1 Å². The number of rotatable bonds is 2. The van der Waals surface area contributed by atoms with Gasteiger partial charge < -0.3 is 9.47 Å². The zero-order valence-corrected chi connectivity index (χ0v) is 16.2. The number of fused-ring (bicyclic) bond motifs is 3. The van der Waals surface area contributed by atoms with E-state index in [0.29, 0.717) is 24.8 Å². The molecule has 2 aromatic heterocycles. The highest BCUT2D eigenvalue weighted by atomic mass is 16.5. The maximum Gasteiger partial charge on any atom is 0.253 e. The maximum atomic E-state index is 5.82. The molecular formula is C24H18N4O2. The molecule has 0 radical (unpaired) electrons. The van der Waals surface area contributed by atoms with Gasteiger partial charge >= 0.3 is 0 Å². The molecule has 0 saturated heterocycles. The molecule has 0 unspecified atom stereocenters. The molecule has 3 heterocycles. The fraction of sp³-hybridized carbons (Fsp3) is 0.125. The van der Waals surface area contributed by atoms with Gasteiger partial charge in [-0.25, -0.2) is 4.98 Å². The van der Waals surface area contributed by atoms with Crippen LogP contribution in [-0.2, 0) is 0 Å². The highest BCUT2D eigenvalue weighted by molar-refractivity contribution is 5.96. The Hall–Kier alpha value is -3.93. The second-order valence-corrected chi connectivity index (χ2v) is 7.22. The summed E-state index contributed by atoms with van der Waals surface area (Å²) in [6, 6.07) is 22.4. The van der Waals surface area contributed by atoms with Crippen molar-refractivity contribution in [2.75, 3.05) is 13.2 Å². The molecule has 6 nitrogen and oxygen atoms in total. The number of ether oxygens (including phenoxy) is 2. The van der Waals surface area contributed by atoms with Gasteiger partial charge in [0.15, 0.2) is 17.3 Å². The van der Waals surface area contributed by atoms with Crippen LogP contribution >= 0.6 is 0 Å². The third kappa shape index (κ3) is 2.76. The first-order valence-electron chi connectivity index (χ1n) is 9.97. The van der Waals surface area contributed by atoms with Crippen molar-refractivity contribution < 1.29 is 9.47 Å². The minimum atomic E-state index is 0.558. The number of hydrogen-bond acceptors (Lipinski definition) is 5. The van der Waals surface area contributed by atoms with E-state index in [1.165, 1.54) is 10.8 Å². The summed E-state index contributed by atoms with van der Waals surface area (Å²) in [5, 5.41) is 7.14. The van der Waals surface area contributed by atoms with Crippen molar-refractivity contribution in [1.29, 1.82) is 0 Å². The van der Waals surface area contributed by atoms with Gasteiger partial charge in [0.2, 0.25) is 0 Å². The quantitative estimate of drug-likeness (QED) is 0.431. The largest absolute Gasteiger partial charge is 0.490 e. The highest BCUT2D eigenvalue weighted by Crippen LogP contribution is 2.34. The number of aromatic nitrogens is 4. The predicted molar refractivity (Wildman–Crippen MR) is 115 cm³/mol. The summed E-state index contributed by atoms with van der Waals surface area (Å²) < 4.78 is 13.4. The lowest BCUT2D eigenvalue weighted by molar-refractivity contribution is 0.297. The van der Waals surface area contributed by atoms with Crippen LogP contribution in [0.1, 0.15) is 6.42 Å². The lowest BCUT2D eigenvalue weighted by Gasteiger charge is -2.08. The van der Waals surface area contributed by atoms with E-state index in [1.54, 1.807) is 10.7 Å². The molecule has 1 aliphatic heterocycles. The molecule has 0 saturated carbocycles. The molecule has 5 aromatic rings. The second kappa shape index (κ2) is 6.84. The first-order valence-corrected chi connectivity index (χ1v) is 9.97. The normalized spacial score (nSPS) is 13.5. The molecule has 0 atom stereocenters. The summed E-state index contributed by atoms with van der Waals surface area (Å²) in [5.41, 5.74) is 2.91. The smallest absolute Gasteiger partial charge is 0.253 e. The van der Waals surface area contributed by atoms with E-state index in [9.17, 15) is 0 Å². The zero-order valence-electron chi connectivity index (χ0n) is 16.2. The first kappa shape index (κ1) is 17.0.